The van der Waals surface area contributed by atoms with Crippen LogP contribution < -0.4 is 5.32 Å². The highest BCUT2D eigenvalue weighted by molar-refractivity contribution is 9.10. The van der Waals surface area contributed by atoms with E-state index in [0.29, 0.717) is 6.61 Å². The van der Waals surface area contributed by atoms with E-state index in [1.807, 2.05) is 20.2 Å². The minimum absolute atomic E-state index is 0.676. The number of nitrogens with one attached hydrogen (secondary N) is 1. The first kappa shape index (κ1) is 13.3. The zero-order chi connectivity index (χ0) is 11.8. The Labute approximate surface area is 104 Å². The minimum atomic E-state index is 0.676. The van der Waals surface area contributed by atoms with Crippen molar-refractivity contribution in [2.24, 2.45) is 0 Å². The van der Waals surface area contributed by atoms with Crippen molar-refractivity contribution in [3.05, 3.63) is 17.0 Å². The van der Waals surface area contributed by atoms with Crippen LogP contribution in [-0.4, -0.2) is 55.3 Å². The van der Waals surface area contributed by atoms with Crippen LogP contribution in [-0.2, 0) is 4.74 Å². The van der Waals surface area contributed by atoms with Gasteiger partial charge >= 0.3 is 0 Å². The summed E-state index contributed by atoms with van der Waals surface area (Å²) in [5.74, 6) is 0.804. The standard InChI is InChI=1S/C10H17BrN4O/c1-15(2)4-6-16-5-3-12-10-7-9(11)13-8-14-10/h7-8H,3-6H2,1-2H3,(H,12,13,14). The van der Waals surface area contributed by atoms with Crippen LogP contribution in [0.5, 0.6) is 0 Å². The highest BCUT2D eigenvalue weighted by Crippen LogP contribution is 2.08. The molecule has 0 atom stereocenters. The van der Waals surface area contributed by atoms with Crippen molar-refractivity contribution < 1.29 is 4.74 Å². The molecule has 0 fully saturated rings. The fourth-order valence-electron chi connectivity index (χ4n) is 1.03. The number of likely N-dealkylation sites (N-methyl/N-ethyl adjacent to an activating group) is 1. The molecule has 0 saturated carbocycles. The molecule has 0 radical (unpaired) electrons. The Balaban J connectivity index is 2.07. The second-order valence-corrected chi connectivity index (χ2v) is 4.38. The predicted octanol–water partition coefficient (Wildman–Crippen LogP) is 1.23. The molecule has 1 heterocycles. The largest absolute Gasteiger partial charge is 0.378 e. The van der Waals surface area contributed by atoms with Gasteiger partial charge in [0.15, 0.2) is 0 Å². The molecule has 0 aliphatic heterocycles. The summed E-state index contributed by atoms with van der Waals surface area (Å²) in [6, 6.07) is 1.83. The van der Waals surface area contributed by atoms with E-state index in [9.17, 15) is 0 Å². The summed E-state index contributed by atoms with van der Waals surface area (Å²) in [6.07, 6.45) is 1.51. The summed E-state index contributed by atoms with van der Waals surface area (Å²) in [4.78, 5) is 10.1. The van der Waals surface area contributed by atoms with Crippen molar-refractivity contribution >= 4 is 21.7 Å². The number of hydrogen-bond acceptors (Lipinski definition) is 5. The Morgan fingerprint density at radius 2 is 2.19 bits per heavy atom. The molecule has 0 saturated heterocycles. The smallest absolute Gasteiger partial charge is 0.130 e. The zero-order valence-electron chi connectivity index (χ0n) is 9.61. The molecule has 0 amide bonds. The van der Waals surface area contributed by atoms with E-state index >= 15 is 0 Å². The molecule has 0 aromatic carbocycles. The molecule has 6 heteroatoms. The normalized spacial score (nSPS) is 10.8. The lowest BCUT2D eigenvalue weighted by Gasteiger charge is -2.10. The van der Waals surface area contributed by atoms with Crippen LogP contribution >= 0.6 is 15.9 Å². The quantitative estimate of drug-likeness (QED) is 0.604. The van der Waals surface area contributed by atoms with Gasteiger partial charge in [0.05, 0.1) is 13.2 Å². The number of ether oxygens (including phenoxy) is 1. The number of halogens is 1. The molecule has 90 valence electrons. The summed E-state index contributed by atoms with van der Waals surface area (Å²) in [5, 5.41) is 3.15. The lowest BCUT2D eigenvalue weighted by Crippen LogP contribution is -2.20. The van der Waals surface area contributed by atoms with Crippen molar-refractivity contribution in [3.8, 4) is 0 Å². The van der Waals surface area contributed by atoms with Crippen LogP contribution in [0.2, 0.25) is 0 Å². The lowest BCUT2D eigenvalue weighted by atomic mass is 10.5. The number of nitrogens with zero attached hydrogens (tertiary/aromatic N) is 3. The molecule has 0 aliphatic rings. The third-order valence-electron chi connectivity index (χ3n) is 1.87. The Hall–Kier alpha value is -0.720. The van der Waals surface area contributed by atoms with Gasteiger partial charge in [-0.3, -0.25) is 0 Å². The molecule has 1 aromatic rings. The van der Waals surface area contributed by atoms with E-state index < -0.39 is 0 Å². The van der Waals surface area contributed by atoms with E-state index in [1.54, 1.807) is 0 Å². The van der Waals surface area contributed by atoms with Gasteiger partial charge < -0.3 is 15.0 Å². The number of rotatable bonds is 7. The Morgan fingerprint density at radius 1 is 1.38 bits per heavy atom. The van der Waals surface area contributed by atoms with Crippen LogP contribution in [0, 0.1) is 0 Å². The fourth-order valence-corrected chi connectivity index (χ4v) is 1.34. The molecule has 0 bridgehead atoms. The molecular weight excluding hydrogens is 272 g/mol. The fraction of sp³-hybridized carbons (Fsp3) is 0.600. The highest BCUT2D eigenvalue weighted by atomic mass is 79.9. The second kappa shape index (κ2) is 7.54. The molecule has 1 rings (SSSR count). The molecule has 16 heavy (non-hydrogen) atoms. The maximum Gasteiger partial charge on any atom is 0.130 e. The van der Waals surface area contributed by atoms with Gasteiger partial charge in [-0.25, -0.2) is 9.97 Å². The van der Waals surface area contributed by atoms with Crippen LogP contribution in [0.15, 0.2) is 17.0 Å². The van der Waals surface area contributed by atoms with Gasteiger partial charge in [-0.15, -0.1) is 0 Å². The van der Waals surface area contributed by atoms with Gasteiger partial charge in [0.25, 0.3) is 0 Å². The molecule has 0 spiro atoms. The molecule has 0 aliphatic carbocycles. The summed E-state index contributed by atoms with van der Waals surface area (Å²) in [6.45, 7) is 3.12. The zero-order valence-corrected chi connectivity index (χ0v) is 11.2. The molecule has 1 aromatic heterocycles. The molecule has 5 nitrogen and oxygen atoms in total. The average Bonchev–Trinajstić information content (AvgIpc) is 2.23. The van der Waals surface area contributed by atoms with Crippen molar-refractivity contribution in [1.29, 1.82) is 0 Å². The van der Waals surface area contributed by atoms with E-state index in [0.717, 1.165) is 30.1 Å². The third-order valence-corrected chi connectivity index (χ3v) is 2.30. The molecule has 1 N–H and O–H groups in total. The van der Waals surface area contributed by atoms with Crippen molar-refractivity contribution in [3.63, 3.8) is 0 Å². The van der Waals surface area contributed by atoms with E-state index in [2.05, 4.69) is 36.1 Å². The van der Waals surface area contributed by atoms with E-state index in [4.69, 9.17) is 4.74 Å². The van der Waals surface area contributed by atoms with Gasteiger partial charge in [0.1, 0.15) is 16.7 Å². The summed E-state index contributed by atoms with van der Waals surface area (Å²) >= 11 is 3.28. The van der Waals surface area contributed by atoms with Gasteiger partial charge in [-0.1, -0.05) is 0 Å². The van der Waals surface area contributed by atoms with Crippen LogP contribution in [0.25, 0.3) is 0 Å². The molecular formula is C10H17BrN4O. The van der Waals surface area contributed by atoms with Crippen molar-refractivity contribution in [2.45, 2.75) is 0 Å². The van der Waals surface area contributed by atoms with Crippen molar-refractivity contribution in [1.82, 2.24) is 14.9 Å². The highest BCUT2D eigenvalue weighted by Gasteiger charge is 1.95. The topological polar surface area (TPSA) is 50.3 Å². The van der Waals surface area contributed by atoms with Crippen LogP contribution in [0.3, 0.4) is 0 Å². The predicted molar refractivity (Wildman–Crippen MR) is 67.6 cm³/mol. The Morgan fingerprint density at radius 3 is 2.88 bits per heavy atom. The second-order valence-electron chi connectivity index (χ2n) is 3.57. The molecule has 0 unspecified atom stereocenters. The summed E-state index contributed by atoms with van der Waals surface area (Å²) in [7, 11) is 4.06. The first-order chi connectivity index (χ1) is 7.68. The SMILES string of the molecule is CN(C)CCOCCNc1cc(Br)ncn1. The maximum absolute atomic E-state index is 5.44. The number of aromatic nitrogens is 2. The van der Waals surface area contributed by atoms with Gasteiger partial charge in [0, 0.05) is 19.2 Å². The average molecular weight is 289 g/mol. The first-order valence-corrected chi connectivity index (χ1v) is 5.91. The maximum atomic E-state index is 5.44. The van der Waals surface area contributed by atoms with Crippen LogP contribution in [0.1, 0.15) is 0 Å². The Kier molecular flexibility index (Phi) is 6.29. The third kappa shape index (κ3) is 5.99. The minimum Gasteiger partial charge on any atom is -0.378 e. The van der Waals surface area contributed by atoms with Gasteiger partial charge in [0.2, 0.25) is 0 Å². The van der Waals surface area contributed by atoms with Crippen LogP contribution in [0.4, 0.5) is 5.82 Å². The van der Waals surface area contributed by atoms with Gasteiger partial charge in [-0.05, 0) is 30.0 Å². The first-order valence-electron chi connectivity index (χ1n) is 5.12. The van der Waals surface area contributed by atoms with Gasteiger partial charge in [-0.2, -0.15) is 0 Å². The number of anilines is 1. The number of hydrogen-bond donors (Lipinski definition) is 1. The van der Waals surface area contributed by atoms with E-state index in [-0.39, 0.29) is 0 Å². The summed E-state index contributed by atoms with van der Waals surface area (Å²) < 4.78 is 6.21. The monoisotopic (exact) mass is 288 g/mol. The Bertz CT molecular complexity index is 309. The lowest BCUT2D eigenvalue weighted by molar-refractivity contribution is 0.126. The van der Waals surface area contributed by atoms with E-state index in [1.165, 1.54) is 6.33 Å². The van der Waals surface area contributed by atoms with Crippen molar-refractivity contribution in [2.75, 3.05) is 45.7 Å². The summed E-state index contributed by atoms with van der Waals surface area (Å²) in [5.41, 5.74) is 0.